The van der Waals surface area contributed by atoms with Crippen molar-refractivity contribution in [1.82, 2.24) is 0 Å². The fraction of sp³-hybridized carbons (Fsp3) is 0.391. The summed E-state index contributed by atoms with van der Waals surface area (Å²) < 4.78 is 18.2. The van der Waals surface area contributed by atoms with Crippen LogP contribution in [0.4, 0.5) is 0 Å². The first kappa shape index (κ1) is 16.9. The second kappa shape index (κ2) is 5.52. The van der Waals surface area contributed by atoms with Gasteiger partial charge in [0.25, 0.3) is 6.02 Å². The highest BCUT2D eigenvalue weighted by Crippen LogP contribution is 2.67. The summed E-state index contributed by atoms with van der Waals surface area (Å²) in [5.74, 6) is 0.851. The van der Waals surface area contributed by atoms with E-state index in [1.807, 2.05) is 36.4 Å². The van der Waals surface area contributed by atoms with Crippen LogP contribution in [0.1, 0.15) is 30.4 Å². The van der Waals surface area contributed by atoms with E-state index in [0.29, 0.717) is 25.4 Å². The van der Waals surface area contributed by atoms with Gasteiger partial charge in [0, 0.05) is 5.56 Å². The zero-order valence-corrected chi connectivity index (χ0v) is 16.0. The molecule has 29 heavy (non-hydrogen) atoms. The number of fused-ring (bicyclic) bond motifs is 4. The molecule has 6 rings (SSSR count). The van der Waals surface area contributed by atoms with E-state index in [0.717, 1.165) is 41.7 Å². The summed E-state index contributed by atoms with van der Waals surface area (Å²) in [6.07, 6.45) is 3.14. The number of nitrogens with zero attached hydrogens (tertiary/aromatic N) is 2. The van der Waals surface area contributed by atoms with E-state index in [4.69, 9.17) is 24.9 Å². The van der Waals surface area contributed by atoms with Gasteiger partial charge in [-0.1, -0.05) is 18.2 Å². The van der Waals surface area contributed by atoms with Gasteiger partial charge in [0.05, 0.1) is 30.3 Å². The first-order chi connectivity index (χ1) is 14.1. The van der Waals surface area contributed by atoms with Crippen LogP contribution in [0.3, 0.4) is 0 Å². The number of aliphatic imine (C=N–C) groups is 1. The molecule has 0 aromatic heterocycles. The monoisotopic (exact) mass is 387 g/mol. The van der Waals surface area contributed by atoms with Crippen molar-refractivity contribution in [2.75, 3.05) is 19.8 Å². The van der Waals surface area contributed by atoms with Gasteiger partial charge in [-0.15, -0.1) is 0 Å². The van der Waals surface area contributed by atoms with E-state index < -0.39 is 5.54 Å². The average Bonchev–Trinajstić information content (AvgIpc) is 3.07. The molecule has 0 radical (unpaired) electrons. The second-order valence-corrected chi connectivity index (χ2v) is 8.53. The summed E-state index contributed by atoms with van der Waals surface area (Å²) in [5, 5.41) is 9.26. The molecular formula is C23H21N3O3. The Hall–Kier alpha value is -3.04. The van der Waals surface area contributed by atoms with Gasteiger partial charge in [-0.05, 0) is 54.7 Å². The number of rotatable bonds is 1. The first-order valence-electron chi connectivity index (χ1n) is 10.0. The number of amidine groups is 1. The molecule has 6 nitrogen and oxygen atoms in total. The van der Waals surface area contributed by atoms with Crippen LogP contribution in [-0.2, 0) is 15.0 Å². The van der Waals surface area contributed by atoms with Gasteiger partial charge in [-0.3, -0.25) is 0 Å². The molecule has 3 aliphatic heterocycles. The minimum Gasteiger partial charge on any atom is -0.486 e. The Bertz CT molecular complexity index is 1090. The molecule has 1 aliphatic carbocycles. The maximum atomic E-state index is 9.26. The van der Waals surface area contributed by atoms with Crippen LogP contribution >= 0.6 is 0 Å². The van der Waals surface area contributed by atoms with Crippen molar-refractivity contribution in [1.29, 1.82) is 5.26 Å². The molecule has 1 saturated heterocycles. The number of hydrogen-bond donors (Lipinski definition) is 1. The van der Waals surface area contributed by atoms with E-state index in [-0.39, 0.29) is 17.0 Å². The van der Waals surface area contributed by atoms with E-state index in [1.54, 1.807) is 0 Å². The van der Waals surface area contributed by atoms with E-state index in [2.05, 4.69) is 12.1 Å². The van der Waals surface area contributed by atoms with E-state index >= 15 is 0 Å². The smallest absolute Gasteiger partial charge is 0.283 e. The van der Waals surface area contributed by atoms with Crippen molar-refractivity contribution < 1.29 is 14.2 Å². The maximum Gasteiger partial charge on any atom is 0.283 e. The standard InChI is InChI=1S/C23H21N3O3/c24-11-15-3-1-4-16(9-15)17-5-6-19-18(10-17)23(14-28-20(25)26-23)21(12-27-13-21)22(29-19)7-2-8-22/h1,3-6,9-10H,2,7-8,12-14H2,(H2,25,26). The van der Waals surface area contributed by atoms with Crippen LogP contribution in [0.25, 0.3) is 11.1 Å². The molecule has 2 N–H and O–H groups in total. The second-order valence-electron chi connectivity index (χ2n) is 8.53. The molecule has 2 aromatic rings. The third-order valence-corrected chi connectivity index (χ3v) is 7.31. The number of benzene rings is 2. The van der Waals surface area contributed by atoms with Crippen LogP contribution in [-0.4, -0.2) is 31.4 Å². The average molecular weight is 387 g/mol. The molecule has 1 saturated carbocycles. The van der Waals surface area contributed by atoms with Gasteiger partial charge < -0.3 is 19.9 Å². The molecule has 4 aliphatic rings. The number of ether oxygens (including phenoxy) is 3. The van der Waals surface area contributed by atoms with E-state index in [1.165, 1.54) is 0 Å². The minimum atomic E-state index is -0.605. The largest absolute Gasteiger partial charge is 0.486 e. The van der Waals surface area contributed by atoms with Crippen LogP contribution in [0, 0.1) is 16.7 Å². The summed E-state index contributed by atoms with van der Waals surface area (Å²) in [7, 11) is 0. The lowest BCUT2D eigenvalue weighted by atomic mass is 9.49. The summed E-state index contributed by atoms with van der Waals surface area (Å²) in [6, 6.07) is 16.3. The third kappa shape index (κ3) is 1.96. The molecule has 6 heteroatoms. The number of hydrogen-bond acceptors (Lipinski definition) is 6. The molecule has 1 atom stereocenters. The van der Waals surface area contributed by atoms with Crippen molar-refractivity contribution in [2.24, 2.45) is 16.1 Å². The van der Waals surface area contributed by atoms with Crippen molar-refractivity contribution in [3.05, 3.63) is 53.6 Å². The molecule has 3 spiro atoms. The lowest BCUT2D eigenvalue weighted by Crippen LogP contribution is -2.75. The lowest BCUT2D eigenvalue weighted by molar-refractivity contribution is -0.281. The summed E-state index contributed by atoms with van der Waals surface area (Å²) in [4.78, 5) is 4.90. The predicted molar refractivity (Wildman–Crippen MR) is 106 cm³/mol. The zero-order valence-electron chi connectivity index (χ0n) is 16.0. The van der Waals surface area contributed by atoms with Crippen LogP contribution in [0.5, 0.6) is 5.75 Å². The summed E-state index contributed by atoms with van der Waals surface area (Å²) in [6.45, 7) is 1.60. The highest BCUT2D eigenvalue weighted by Gasteiger charge is 2.75. The Morgan fingerprint density at radius 1 is 1.03 bits per heavy atom. The number of nitriles is 1. The molecule has 0 bridgehead atoms. The number of nitrogens with two attached hydrogens (primary N) is 1. The molecule has 2 aromatic carbocycles. The Labute approximate surface area is 168 Å². The van der Waals surface area contributed by atoms with Crippen LogP contribution < -0.4 is 10.5 Å². The topological polar surface area (TPSA) is 89.9 Å². The van der Waals surface area contributed by atoms with Crippen LogP contribution in [0.2, 0.25) is 0 Å². The highest BCUT2D eigenvalue weighted by molar-refractivity contribution is 5.76. The van der Waals surface area contributed by atoms with Gasteiger partial charge in [0.15, 0.2) is 0 Å². The summed E-state index contributed by atoms with van der Waals surface area (Å²) in [5.41, 5.74) is 8.54. The molecule has 1 unspecified atom stereocenters. The zero-order chi connectivity index (χ0) is 19.7. The van der Waals surface area contributed by atoms with Crippen molar-refractivity contribution in [3.63, 3.8) is 0 Å². The van der Waals surface area contributed by atoms with E-state index in [9.17, 15) is 5.26 Å². The molecule has 2 fully saturated rings. The predicted octanol–water partition coefficient (Wildman–Crippen LogP) is 3.10. The van der Waals surface area contributed by atoms with Crippen molar-refractivity contribution in [3.8, 4) is 22.9 Å². The van der Waals surface area contributed by atoms with Gasteiger partial charge >= 0.3 is 0 Å². The summed E-state index contributed by atoms with van der Waals surface area (Å²) >= 11 is 0. The third-order valence-electron chi connectivity index (χ3n) is 7.31. The Morgan fingerprint density at radius 3 is 2.48 bits per heavy atom. The maximum absolute atomic E-state index is 9.26. The van der Waals surface area contributed by atoms with Crippen molar-refractivity contribution in [2.45, 2.75) is 30.4 Å². The minimum absolute atomic E-state index is 0.232. The fourth-order valence-electron chi connectivity index (χ4n) is 5.53. The first-order valence-corrected chi connectivity index (χ1v) is 10.0. The van der Waals surface area contributed by atoms with Crippen LogP contribution in [0.15, 0.2) is 47.5 Å². The van der Waals surface area contributed by atoms with Gasteiger partial charge in [-0.25, -0.2) is 4.99 Å². The molecule has 3 heterocycles. The Morgan fingerprint density at radius 2 is 1.86 bits per heavy atom. The molecule has 0 amide bonds. The lowest BCUT2D eigenvalue weighted by Gasteiger charge is -2.66. The fourth-order valence-corrected chi connectivity index (χ4v) is 5.53. The molecular weight excluding hydrogens is 366 g/mol. The Balaban J connectivity index is 1.57. The highest BCUT2D eigenvalue weighted by atomic mass is 16.5. The Kier molecular flexibility index (Phi) is 3.21. The van der Waals surface area contributed by atoms with Gasteiger partial charge in [0.2, 0.25) is 0 Å². The SMILES string of the molecule is N#Cc1cccc(-c2ccc3c(c2)C2(COC(N)=N2)C2(COC2)C2(CCC2)O3)c1. The molecule has 146 valence electrons. The normalized spacial score (nSPS) is 27.2. The van der Waals surface area contributed by atoms with Gasteiger partial charge in [-0.2, -0.15) is 5.26 Å². The quantitative estimate of drug-likeness (QED) is 0.812. The van der Waals surface area contributed by atoms with Gasteiger partial charge in [0.1, 0.15) is 23.5 Å². The van der Waals surface area contributed by atoms with Crippen molar-refractivity contribution >= 4 is 6.02 Å².